The van der Waals surface area contributed by atoms with Gasteiger partial charge in [0.1, 0.15) is 17.5 Å². The summed E-state index contributed by atoms with van der Waals surface area (Å²) in [5.41, 5.74) is -0.298. The Morgan fingerprint density at radius 1 is 0.966 bits per heavy atom. The molecule has 0 spiro atoms. The number of hydrogen-bond acceptors (Lipinski definition) is 2. The van der Waals surface area contributed by atoms with E-state index in [4.69, 9.17) is 11.6 Å². The minimum atomic E-state index is -1.19. The highest BCUT2D eigenvalue weighted by atomic mass is 35.5. The van der Waals surface area contributed by atoms with Crippen LogP contribution in [0.1, 0.15) is 41.6 Å². The number of amides is 1. The smallest absolute Gasteiger partial charge is 0.233 e. The summed E-state index contributed by atoms with van der Waals surface area (Å²) in [6.07, 6.45) is 2.16. The largest absolute Gasteiger partial charge is 0.342 e. The number of carbonyl (C=O) groups is 2. The van der Waals surface area contributed by atoms with Gasteiger partial charge in [-0.3, -0.25) is 9.59 Å². The summed E-state index contributed by atoms with van der Waals surface area (Å²) in [5.74, 6) is -4.69. The molecule has 4 rings (SSSR count). The molecule has 0 bridgehead atoms. The first kappa shape index (κ1) is 20.0. The zero-order valence-electron chi connectivity index (χ0n) is 15.6. The van der Waals surface area contributed by atoms with Crippen molar-refractivity contribution in [2.45, 2.75) is 31.1 Å². The van der Waals surface area contributed by atoms with E-state index in [0.717, 1.165) is 18.4 Å². The second kappa shape index (κ2) is 7.48. The van der Waals surface area contributed by atoms with Crippen LogP contribution in [0.4, 0.5) is 13.2 Å². The Bertz CT molecular complexity index is 942. The lowest BCUT2D eigenvalue weighted by Gasteiger charge is -2.34. The molecule has 1 saturated carbocycles. The first-order valence-electron chi connectivity index (χ1n) is 9.56. The van der Waals surface area contributed by atoms with E-state index < -0.39 is 40.1 Å². The van der Waals surface area contributed by atoms with Crippen LogP contribution in [0.5, 0.6) is 0 Å². The molecule has 0 radical (unpaired) electrons. The predicted octanol–water partition coefficient (Wildman–Crippen LogP) is 4.91. The Hall–Kier alpha value is -2.34. The van der Waals surface area contributed by atoms with Gasteiger partial charge in [0.05, 0.1) is 11.0 Å². The number of carbonyl (C=O) groups excluding carboxylic acids is 2. The van der Waals surface area contributed by atoms with Crippen molar-refractivity contribution in [3.05, 3.63) is 70.0 Å². The van der Waals surface area contributed by atoms with E-state index in [2.05, 4.69) is 0 Å². The van der Waals surface area contributed by atoms with E-state index in [1.54, 1.807) is 17.0 Å². The van der Waals surface area contributed by atoms with Crippen LogP contribution in [0, 0.1) is 23.4 Å². The van der Waals surface area contributed by atoms with Gasteiger partial charge in [0.2, 0.25) is 5.91 Å². The molecular formula is C22H19ClF3NO2. The number of benzene rings is 2. The molecule has 1 heterocycles. The van der Waals surface area contributed by atoms with Crippen molar-refractivity contribution in [3.63, 3.8) is 0 Å². The average Bonchev–Trinajstić information content (AvgIpc) is 3.49. The molecule has 0 aromatic heterocycles. The summed E-state index contributed by atoms with van der Waals surface area (Å²) in [6.45, 7) is 0.685. The van der Waals surface area contributed by atoms with E-state index >= 15 is 0 Å². The van der Waals surface area contributed by atoms with Gasteiger partial charge < -0.3 is 4.90 Å². The number of rotatable bonds is 4. The molecule has 1 aliphatic carbocycles. The molecule has 2 aromatic carbocycles. The fourth-order valence-electron chi connectivity index (χ4n) is 4.15. The third-order valence-electron chi connectivity index (χ3n) is 5.96. The van der Waals surface area contributed by atoms with Gasteiger partial charge in [0.25, 0.3) is 0 Å². The normalized spacial score (nSPS) is 18.6. The number of hydrogen-bond donors (Lipinski definition) is 0. The van der Waals surface area contributed by atoms with Crippen LogP contribution < -0.4 is 0 Å². The molecule has 1 saturated heterocycles. The van der Waals surface area contributed by atoms with E-state index in [0.29, 0.717) is 43.1 Å². The zero-order valence-corrected chi connectivity index (χ0v) is 16.3. The summed E-state index contributed by atoms with van der Waals surface area (Å²) in [4.78, 5) is 27.4. The van der Waals surface area contributed by atoms with Crippen LogP contribution in [0.15, 0.2) is 36.4 Å². The molecule has 1 amide bonds. The van der Waals surface area contributed by atoms with Gasteiger partial charge in [0, 0.05) is 36.2 Å². The highest BCUT2D eigenvalue weighted by Crippen LogP contribution is 2.50. The van der Waals surface area contributed by atoms with Crippen molar-refractivity contribution >= 4 is 23.3 Å². The van der Waals surface area contributed by atoms with E-state index in [1.807, 2.05) is 12.1 Å². The van der Waals surface area contributed by atoms with Gasteiger partial charge in [-0.05, 0) is 43.4 Å². The lowest BCUT2D eigenvalue weighted by Crippen LogP contribution is -2.45. The molecule has 3 nitrogen and oxygen atoms in total. The number of ketones is 1. The Labute approximate surface area is 171 Å². The SMILES string of the molecule is O=C(c1c(F)cc(F)cc1F)C1CCN(C(=O)C2(c3ccc(Cl)cc3)CC2)CC1. The standard InChI is InChI=1S/C22H19ClF3NO2/c23-15-3-1-14(2-4-15)22(7-8-22)21(29)27-9-5-13(6-10-27)20(28)19-17(25)11-16(24)12-18(19)26/h1-4,11-13H,5-10H2. The minimum absolute atomic E-state index is 0.0184. The van der Waals surface area contributed by atoms with E-state index in [1.165, 1.54) is 0 Å². The van der Waals surface area contributed by atoms with Crippen LogP contribution in [0.3, 0.4) is 0 Å². The van der Waals surface area contributed by atoms with Gasteiger partial charge >= 0.3 is 0 Å². The first-order chi connectivity index (χ1) is 13.8. The van der Waals surface area contributed by atoms with Crippen LogP contribution in [0.25, 0.3) is 0 Å². The molecule has 7 heteroatoms. The number of Topliss-reactive ketones (excluding diaryl/α,β-unsaturated/α-hetero) is 1. The highest BCUT2D eigenvalue weighted by Gasteiger charge is 2.53. The molecule has 152 valence electrons. The molecule has 2 fully saturated rings. The Morgan fingerprint density at radius 2 is 1.52 bits per heavy atom. The van der Waals surface area contributed by atoms with Gasteiger partial charge in [0.15, 0.2) is 5.78 Å². The topological polar surface area (TPSA) is 37.4 Å². The molecule has 2 aromatic rings. The third kappa shape index (κ3) is 3.66. The second-order valence-corrected chi connectivity index (χ2v) is 8.20. The highest BCUT2D eigenvalue weighted by molar-refractivity contribution is 6.30. The van der Waals surface area contributed by atoms with Crippen molar-refractivity contribution < 1.29 is 22.8 Å². The van der Waals surface area contributed by atoms with Crippen molar-refractivity contribution in [1.29, 1.82) is 0 Å². The Balaban J connectivity index is 1.44. The van der Waals surface area contributed by atoms with Crippen molar-refractivity contribution in [1.82, 2.24) is 4.90 Å². The van der Waals surface area contributed by atoms with Crippen LogP contribution in [0.2, 0.25) is 5.02 Å². The Kier molecular flexibility index (Phi) is 5.15. The van der Waals surface area contributed by atoms with Crippen LogP contribution >= 0.6 is 11.6 Å². The maximum Gasteiger partial charge on any atom is 0.233 e. The fourth-order valence-corrected chi connectivity index (χ4v) is 4.28. The summed E-state index contributed by atoms with van der Waals surface area (Å²) >= 11 is 5.94. The van der Waals surface area contributed by atoms with Gasteiger partial charge in [-0.25, -0.2) is 13.2 Å². The summed E-state index contributed by atoms with van der Waals surface area (Å²) in [7, 11) is 0. The van der Waals surface area contributed by atoms with E-state index in [-0.39, 0.29) is 5.91 Å². The quantitative estimate of drug-likeness (QED) is 0.658. The lowest BCUT2D eigenvalue weighted by atomic mass is 9.87. The second-order valence-electron chi connectivity index (χ2n) is 7.76. The minimum Gasteiger partial charge on any atom is -0.342 e. The van der Waals surface area contributed by atoms with Crippen LogP contribution in [-0.4, -0.2) is 29.7 Å². The lowest BCUT2D eigenvalue weighted by molar-refractivity contribution is -0.135. The molecule has 0 atom stereocenters. The van der Waals surface area contributed by atoms with Crippen molar-refractivity contribution in [2.24, 2.45) is 5.92 Å². The summed E-state index contributed by atoms with van der Waals surface area (Å²) in [5, 5.41) is 0.608. The van der Waals surface area contributed by atoms with Gasteiger partial charge in [-0.1, -0.05) is 23.7 Å². The molecule has 29 heavy (non-hydrogen) atoms. The number of piperidine rings is 1. The predicted molar refractivity (Wildman–Crippen MR) is 102 cm³/mol. The Morgan fingerprint density at radius 3 is 2.03 bits per heavy atom. The van der Waals surface area contributed by atoms with Crippen molar-refractivity contribution in [2.75, 3.05) is 13.1 Å². The maximum atomic E-state index is 13.9. The number of nitrogens with zero attached hydrogens (tertiary/aromatic N) is 1. The molecule has 0 N–H and O–H groups in total. The molecule has 1 aliphatic heterocycles. The fraction of sp³-hybridized carbons (Fsp3) is 0.364. The van der Waals surface area contributed by atoms with E-state index in [9.17, 15) is 22.8 Å². The average molecular weight is 422 g/mol. The monoisotopic (exact) mass is 421 g/mol. The first-order valence-corrected chi connectivity index (χ1v) is 9.94. The number of halogens is 4. The molecular weight excluding hydrogens is 403 g/mol. The van der Waals surface area contributed by atoms with Gasteiger partial charge in [-0.2, -0.15) is 0 Å². The summed E-state index contributed by atoms with van der Waals surface area (Å²) < 4.78 is 40.9. The van der Waals surface area contributed by atoms with Gasteiger partial charge in [-0.15, -0.1) is 0 Å². The summed E-state index contributed by atoms with van der Waals surface area (Å²) in [6, 6.07) is 8.28. The third-order valence-corrected chi connectivity index (χ3v) is 6.21. The molecule has 0 unspecified atom stereocenters. The molecule has 2 aliphatic rings. The van der Waals surface area contributed by atoms with Crippen LogP contribution in [-0.2, 0) is 10.2 Å². The van der Waals surface area contributed by atoms with Crippen molar-refractivity contribution in [3.8, 4) is 0 Å². The zero-order chi connectivity index (χ0) is 20.8. The maximum absolute atomic E-state index is 13.9. The number of likely N-dealkylation sites (tertiary alicyclic amines) is 1.